The molecular weight excluding hydrogens is 370 g/mol. The number of nitrogens with one attached hydrogen (secondary N) is 1. The first kappa shape index (κ1) is 14.5. The van der Waals surface area contributed by atoms with E-state index in [1.54, 1.807) is 41.4 Å². The van der Waals surface area contributed by atoms with Crippen LogP contribution in [0.2, 0.25) is 0 Å². The van der Waals surface area contributed by atoms with Gasteiger partial charge in [0.1, 0.15) is 5.69 Å². The molecule has 1 aromatic carbocycles. The molecule has 0 spiro atoms. The van der Waals surface area contributed by atoms with Crippen LogP contribution in [-0.4, -0.2) is 22.1 Å². The zero-order chi connectivity index (χ0) is 14.8. The van der Waals surface area contributed by atoms with Crippen molar-refractivity contribution in [2.24, 2.45) is 0 Å². The summed E-state index contributed by atoms with van der Waals surface area (Å²) in [7, 11) is 0. The van der Waals surface area contributed by atoms with Gasteiger partial charge in [-0.25, -0.2) is 9.97 Å². The van der Waals surface area contributed by atoms with Crippen molar-refractivity contribution in [3.8, 4) is 0 Å². The van der Waals surface area contributed by atoms with Crippen molar-refractivity contribution in [2.75, 3.05) is 11.6 Å². The summed E-state index contributed by atoms with van der Waals surface area (Å²) in [5.41, 5.74) is 2.05. The molecule has 106 valence electrons. The summed E-state index contributed by atoms with van der Waals surface area (Å²) in [5, 5.41) is 2.86. The number of nitrogens with zero attached hydrogens (tertiary/aromatic N) is 2. The Morgan fingerprint density at radius 3 is 3.00 bits per heavy atom. The molecule has 0 aliphatic heterocycles. The number of amides is 1. The fraction of sp³-hybridized carbons (Fsp3) is 0.0714. The highest BCUT2D eigenvalue weighted by molar-refractivity contribution is 9.10. The third-order valence-electron chi connectivity index (χ3n) is 2.77. The van der Waals surface area contributed by atoms with Crippen LogP contribution < -0.4 is 5.32 Å². The van der Waals surface area contributed by atoms with Crippen molar-refractivity contribution in [2.45, 2.75) is 4.34 Å². The summed E-state index contributed by atoms with van der Waals surface area (Å²) < 4.78 is 2.74. The Morgan fingerprint density at radius 1 is 1.38 bits per heavy atom. The fourth-order valence-electron chi connectivity index (χ4n) is 1.81. The highest BCUT2D eigenvalue weighted by Gasteiger charge is 2.12. The van der Waals surface area contributed by atoms with Crippen molar-refractivity contribution in [3.05, 3.63) is 46.7 Å². The van der Waals surface area contributed by atoms with Gasteiger partial charge in [-0.05, 0) is 52.5 Å². The van der Waals surface area contributed by atoms with Gasteiger partial charge in [0, 0.05) is 16.4 Å². The predicted octanol–water partition coefficient (Wildman–Crippen LogP) is 4.43. The Labute approximate surface area is 138 Å². The van der Waals surface area contributed by atoms with Gasteiger partial charge >= 0.3 is 0 Å². The number of hydrogen-bond donors (Lipinski definition) is 1. The Bertz CT molecular complexity index is 819. The maximum absolute atomic E-state index is 12.2. The van der Waals surface area contributed by atoms with Crippen molar-refractivity contribution in [1.29, 1.82) is 0 Å². The minimum atomic E-state index is -0.239. The summed E-state index contributed by atoms with van der Waals surface area (Å²) in [5.74, 6) is -0.239. The standard InChI is InChI=1S/C14H10BrN3OS2/c1-20-14-18-10-5-4-8(7-11(10)21-14)17-13(19)12-9(15)3-2-6-16-12/h2-7H,1H3,(H,17,19). The lowest BCUT2D eigenvalue weighted by Crippen LogP contribution is -2.14. The number of rotatable bonds is 3. The lowest BCUT2D eigenvalue weighted by molar-refractivity contribution is 0.102. The summed E-state index contributed by atoms with van der Waals surface area (Å²) in [6.45, 7) is 0. The fourth-order valence-corrected chi connectivity index (χ4v) is 3.78. The van der Waals surface area contributed by atoms with Crippen molar-refractivity contribution >= 4 is 60.8 Å². The molecule has 0 radical (unpaired) electrons. The first-order valence-corrected chi connectivity index (χ1v) is 8.87. The molecule has 0 saturated carbocycles. The van der Waals surface area contributed by atoms with Gasteiger partial charge in [-0.1, -0.05) is 11.8 Å². The van der Waals surface area contributed by atoms with E-state index in [1.807, 2.05) is 24.5 Å². The zero-order valence-corrected chi connectivity index (χ0v) is 14.2. The smallest absolute Gasteiger partial charge is 0.275 e. The van der Waals surface area contributed by atoms with Gasteiger partial charge in [0.15, 0.2) is 4.34 Å². The van der Waals surface area contributed by atoms with E-state index in [2.05, 4.69) is 31.2 Å². The van der Waals surface area contributed by atoms with E-state index in [-0.39, 0.29) is 5.91 Å². The van der Waals surface area contributed by atoms with Crippen LogP contribution in [0.15, 0.2) is 45.3 Å². The van der Waals surface area contributed by atoms with Gasteiger partial charge in [0.25, 0.3) is 5.91 Å². The van der Waals surface area contributed by atoms with Crippen LogP contribution in [0.4, 0.5) is 5.69 Å². The summed E-state index contributed by atoms with van der Waals surface area (Å²) in [6.07, 6.45) is 3.59. The highest BCUT2D eigenvalue weighted by Crippen LogP contribution is 2.30. The lowest BCUT2D eigenvalue weighted by atomic mass is 10.2. The van der Waals surface area contributed by atoms with E-state index < -0.39 is 0 Å². The Hall–Kier alpha value is -1.44. The largest absolute Gasteiger partial charge is 0.321 e. The first-order valence-electron chi connectivity index (χ1n) is 6.04. The van der Waals surface area contributed by atoms with Gasteiger partial charge in [0.2, 0.25) is 0 Å². The minimum absolute atomic E-state index is 0.239. The maximum Gasteiger partial charge on any atom is 0.275 e. The number of thiazole rings is 1. The molecule has 0 atom stereocenters. The molecular formula is C14H10BrN3OS2. The SMILES string of the molecule is CSc1nc2ccc(NC(=O)c3ncccc3Br)cc2s1. The van der Waals surface area contributed by atoms with Crippen LogP contribution in [0.25, 0.3) is 10.2 Å². The molecule has 0 unspecified atom stereocenters. The number of fused-ring (bicyclic) bond motifs is 1. The number of hydrogen-bond acceptors (Lipinski definition) is 5. The van der Waals surface area contributed by atoms with Gasteiger partial charge in [-0.15, -0.1) is 11.3 Å². The quantitative estimate of drug-likeness (QED) is 0.683. The topological polar surface area (TPSA) is 54.9 Å². The number of benzene rings is 1. The van der Waals surface area contributed by atoms with Crippen molar-refractivity contribution in [3.63, 3.8) is 0 Å². The first-order chi connectivity index (χ1) is 10.2. The molecule has 0 aliphatic rings. The van der Waals surface area contributed by atoms with E-state index in [1.165, 1.54) is 0 Å². The van der Waals surface area contributed by atoms with E-state index in [0.29, 0.717) is 10.2 Å². The molecule has 7 heteroatoms. The number of aromatic nitrogens is 2. The number of pyridine rings is 1. The number of thioether (sulfide) groups is 1. The molecule has 2 aromatic heterocycles. The second-order valence-corrected chi connectivity index (χ2v) is 7.09. The normalized spacial score (nSPS) is 10.8. The third kappa shape index (κ3) is 3.09. The summed E-state index contributed by atoms with van der Waals surface area (Å²) in [6, 6.07) is 9.25. The average molecular weight is 380 g/mol. The van der Waals surface area contributed by atoms with Crippen molar-refractivity contribution in [1.82, 2.24) is 9.97 Å². The number of halogens is 1. The average Bonchev–Trinajstić information content (AvgIpc) is 2.90. The molecule has 0 aliphatic carbocycles. The molecule has 1 amide bonds. The molecule has 3 aromatic rings. The van der Waals surface area contributed by atoms with Crippen LogP contribution in [-0.2, 0) is 0 Å². The van der Waals surface area contributed by atoms with Gasteiger partial charge in [-0.3, -0.25) is 4.79 Å². The summed E-state index contributed by atoms with van der Waals surface area (Å²) in [4.78, 5) is 20.8. The van der Waals surface area contributed by atoms with Gasteiger partial charge in [-0.2, -0.15) is 0 Å². The molecule has 2 heterocycles. The number of anilines is 1. The molecule has 0 saturated heterocycles. The Kier molecular flexibility index (Phi) is 4.23. The summed E-state index contributed by atoms with van der Waals surface area (Å²) >= 11 is 6.56. The van der Waals surface area contributed by atoms with Crippen LogP contribution >= 0.6 is 39.0 Å². The lowest BCUT2D eigenvalue weighted by Gasteiger charge is -2.05. The second kappa shape index (κ2) is 6.13. The zero-order valence-electron chi connectivity index (χ0n) is 11.0. The number of carbonyl (C=O) groups is 1. The Balaban J connectivity index is 1.87. The molecule has 21 heavy (non-hydrogen) atoms. The molecule has 3 rings (SSSR count). The highest BCUT2D eigenvalue weighted by atomic mass is 79.9. The van der Waals surface area contributed by atoms with E-state index in [0.717, 1.165) is 20.2 Å². The van der Waals surface area contributed by atoms with Crippen LogP contribution in [0, 0.1) is 0 Å². The Morgan fingerprint density at radius 2 is 2.24 bits per heavy atom. The van der Waals surface area contributed by atoms with Gasteiger partial charge < -0.3 is 5.32 Å². The van der Waals surface area contributed by atoms with E-state index in [9.17, 15) is 4.79 Å². The van der Waals surface area contributed by atoms with E-state index >= 15 is 0 Å². The molecule has 0 fully saturated rings. The molecule has 1 N–H and O–H groups in total. The third-order valence-corrected chi connectivity index (χ3v) is 5.42. The monoisotopic (exact) mass is 379 g/mol. The second-order valence-electron chi connectivity index (χ2n) is 4.15. The van der Waals surface area contributed by atoms with Crippen LogP contribution in [0.5, 0.6) is 0 Å². The number of carbonyl (C=O) groups excluding carboxylic acids is 1. The van der Waals surface area contributed by atoms with Crippen LogP contribution in [0.1, 0.15) is 10.5 Å². The van der Waals surface area contributed by atoms with Crippen molar-refractivity contribution < 1.29 is 4.79 Å². The molecule has 0 bridgehead atoms. The maximum atomic E-state index is 12.2. The minimum Gasteiger partial charge on any atom is -0.321 e. The molecule has 4 nitrogen and oxygen atoms in total. The van der Waals surface area contributed by atoms with Gasteiger partial charge in [0.05, 0.1) is 10.2 Å². The predicted molar refractivity (Wildman–Crippen MR) is 91.3 cm³/mol. The van der Waals surface area contributed by atoms with E-state index in [4.69, 9.17) is 0 Å². The van der Waals surface area contributed by atoms with Crippen LogP contribution in [0.3, 0.4) is 0 Å².